The number of hydrogen-bond acceptors (Lipinski definition) is 3. The van der Waals surface area contributed by atoms with Crippen molar-refractivity contribution in [2.45, 2.75) is 45.1 Å². The van der Waals surface area contributed by atoms with Crippen LogP contribution in [0.2, 0.25) is 0 Å². The molecule has 0 aliphatic heterocycles. The SMILES string of the molecule is CC(C)Cc1ccc(S(=O)(=O)Nc2ccccc2[C@@H](O)C(C)C)cc1. The third-order valence-corrected chi connectivity index (χ3v) is 5.41. The highest BCUT2D eigenvalue weighted by atomic mass is 32.2. The van der Waals surface area contributed by atoms with Gasteiger partial charge in [-0.3, -0.25) is 4.72 Å². The molecule has 0 heterocycles. The molecule has 0 aromatic heterocycles. The quantitative estimate of drug-likeness (QED) is 0.769. The molecule has 0 unspecified atom stereocenters. The largest absolute Gasteiger partial charge is 0.388 e. The molecule has 0 bridgehead atoms. The standard InChI is InChI=1S/C20H27NO3S/c1-14(2)13-16-9-11-17(12-10-16)25(23,24)21-19-8-6-5-7-18(19)20(22)15(3)4/h5-12,14-15,20-22H,13H2,1-4H3/t20-/m0/s1. The van der Waals surface area contributed by atoms with E-state index in [9.17, 15) is 13.5 Å². The van der Waals surface area contributed by atoms with Crippen LogP contribution in [-0.4, -0.2) is 13.5 Å². The Morgan fingerprint density at radius 1 is 0.960 bits per heavy atom. The molecule has 0 saturated carbocycles. The number of aliphatic hydroxyl groups is 1. The van der Waals surface area contributed by atoms with Crippen molar-refractivity contribution in [3.8, 4) is 0 Å². The van der Waals surface area contributed by atoms with Gasteiger partial charge in [-0.25, -0.2) is 8.42 Å². The molecule has 0 spiro atoms. The lowest BCUT2D eigenvalue weighted by Gasteiger charge is -2.19. The molecule has 0 amide bonds. The molecule has 2 rings (SSSR count). The van der Waals surface area contributed by atoms with Crippen LogP contribution in [0.15, 0.2) is 53.4 Å². The lowest BCUT2D eigenvalue weighted by Crippen LogP contribution is -2.16. The molecule has 136 valence electrons. The molecule has 0 saturated heterocycles. The Morgan fingerprint density at radius 2 is 1.56 bits per heavy atom. The van der Waals surface area contributed by atoms with Crippen molar-refractivity contribution in [2.75, 3.05) is 4.72 Å². The van der Waals surface area contributed by atoms with Gasteiger partial charge in [-0.1, -0.05) is 58.0 Å². The summed E-state index contributed by atoms with van der Waals surface area (Å²) in [5.74, 6) is 0.506. The van der Waals surface area contributed by atoms with Crippen LogP contribution in [0.5, 0.6) is 0 Å². The summed E-state index contributed by atoms with van der Waals surface area (Å²) in [5.41, 5.74) is 2.11. The molecule has 0 aliphatic carbocycles. The predicted octanol–water partition coefficient (Wildman–Crippen LogP) is 4.38. The van der Waals surface area contributed by atoms with Gasteiger partial charge in [-0.2, -0.15) is 0 Å². The van der Waals surface area contributed by atoms with Crippen molar-refractivity contribution >= 4 is 15.7 Å². The van der Waals surface area contributed by atoms with E-state index in [1.54, 1.807) is 36.4 Å². The maximum absolute atomic E-state index is 12.7. The normalized spacial score (nSPS) is 13.2. The average molecular weight is 362 g/mol. The van der Waals surface area contributed by atoms with E-state index in [1.165, 1.54) is 0 Å². The van der Waals surface area contributed by atoms with Crippen LogP contribution >= 0.6 is 0 Å². The summed E-state index contributed by atoms with van der Waals surface area (Å²) in [6.45, 7) is 8.04. The van der Waals surface area contributed by atoms with Crippen LogP contribution in [0.3, 0.4) is 0 Å². The van der Waals surface area contributed by atoms with E-state index < -0.39 is 16.1 Å². The van der Waals surface area contributed by atoms with Crippen molar-refractivity contribution in [2.24, 2.45) is 11.8 Å². The summed E-state index contributed by atoms with van der Waals surface area (Å²) in [5, 5.41) is 10.3. The smallest absolute Gasteiger partial charge is 0.261 e. The van der Waals surface area contributed by atoms with Gasteiger partial charge in [-0.15, -0.1) is 0 Å². The van der Waals surface area contributed by atoms with Crippen LogP contribution in [0.4, 0.5) is 5.69 Å². The zero-order chi connectivity index (χ0) is 18.6. The van der Waals surface area contributed by atoms with Crippen molar-refractivity contribution in [3.05, 3.63) is 59.7 Å². The number of hydrogen-bond donors (Lipinski definition) is 2. The molecule has 5 heteroatoms. The van der Waals surface area contributed by atoms with E-state index in [2.05, 4.69) is 18.6 Å². The van der Waals surface area contributed by atoms with Crippen LogP contribution in [0, 0.1) is 11.8 Å². The molecule has 25 heavy (non-hydrogen) atoms. The summed E-state index contributed by atoms with van der Waals surface area (Å²) in [6.07, 6.45) is 0.185. The van der Waals surface area contributed by atoms with Crippen LogP contribution in [-0.2, 0) is 16.4 Å². The lowest BCUT2D eigenvalue weighted by atomic mass is 9.98. The van der Waals surface area contributed by atoms with Gasteiger partial charge < -0.3 is 5.11 Å². The van der Waals surface area contributed by atoms with E-state index in [4.69, 9.17) is 0 Å². The van der Waals surface area contributed by atoms with Crippen molar-refractivity contribution in [1.82, 2.24) is 0 Å². The van der Waals surface area contributed by atoms with Crippen LogP contribution in [0.1, 0.15) is 44.9 Å². The van der Waals surface area contributed by atoms with Gasteiger partial charge in [0.2, 0.25) is 0 Å². The fraction of sp³-hybridized carbons (Fsp3) is 0.400. The van der Waals surface area contributed by atoms with E-state index >= 15 is 0 Å². The highest BCUT2D eigenvalue weighted by molar-refractivity contribution is 7.92. The fourth-order valence-corrected chi connectivity index (χ4v) is 3.77. The second kappa shape index (κ2) is 8.02. The highest BCUT2D eigenvalue weighted by Gasteiger charge is 2.20. The van der Waals surface area contributed by atoms with E-state index in [-0.39, 0.29) is 10.8 Å². The van der Waals surface area contributed by atoms with Gasteiger partial charge in [0.05, 0.1) is 16.7 Å². The first-order chi connectivity index (χ1) is 11.7. The van der Waals surface area contributed by atoms with Crippen molar-refractivity contribution < 1.29 is 13.5 Å². The molecule has 2 aromatic rings. The van der Waals surface area contributed by atoms with Gasteiger partial charge >= 0.3 is 0 Å². The number of rotatable bonds is 7. The molecule has 0 fully saturated rings. The molecule has 0 aliphatic rings. The molecule has 2 N–H and O–H groups in total. The number of nitrogens with one attached hydrogen (secondary N) is 1. The highest BCUT2D eigenvalue weighted by Crippen LogP contribution is 2.29. The fourth-order valence-electron chi connectivity index (χ4n) is 2.69. The van der Waals surface area contributed by atoms with Gasteiger partial charge in [0.1, 0.15) is 0 Å². The Kier molecular flexibility index (Phi) is 6.25. The predicted molar refractivity (Wildman–Crippen MR) is 102 cm³/mol. The van der Waals surface area contributed by atoms with Gasteiger partial charge in [0.25, 0.3) is 10.0 Å². The van der Waals surface area contributed by atoms with Crippen LogP contribution in [0.25, 0.3) is 0 Å². The number of aliphatic hydroxyl groups excluding tert-OH is 1. The van der Waals surface area contributed by atoms with Crippen LogP contribution < -0.4 is 4.72 Å². The molecule has 4 nitrogen and oxygen atoms in total. The lowest BCUT2D eigenvalue weighted by molar-refractivity contribution is 0.127. The summed E-state index contributed by atoms with van der Waals surface area (Å²) >= 11 is 0. The minimum absolute atomic E-state index is 0.0130. The Hall–Kier alpha value is -1.85. The third kappa shape index (κ3) is 5.06. The number of benzene rings is 2. The first-order valence-electron chi connectivity index (χ1n) is 8.59. The monoisotopic (exact) mass is 361 g/mol. The zero-order valence-corrected chi connectivity index (χ0v) is 16.0. The minimum Gasteiger partial charge on any atom is -0.388 e. The molecule has 1 atom stereocenters. The van der Waals surface area contributed by atoms with E-state index in [1.807, 2.05) is 26.0 Å². The third-order valence-electron chi connectivity index (χ3n) is 4.03. The Morgan fingerprint density at radius 3 is 2.12 bits per heavy atom. The molecular weight excluding hydrogens is 334 g/mol. The average Bonchev–Trinajstić information content (AvgIpc) is 2.54. The first-order valence-corrected chi connectivity index (χ1v) is 10.1. The summed E-state index contributed by atoms with van der Waals surface area (Å²) < 4.78 is 28.0. The Bertz CT molecular complexity index is 796. The number of sulfonamides is 1. The summed E-state index contributed by atoms with van der Waals surface area (Å²) in [7, 11) is -3.70. The Balaban J connectivity index is 2.27. The van der Waals surface area contributed by atoms with Gasteiger partial charge in [0.15, 0.2) is 0 Å². The Labute approximate surface area is 151 Å². The minimum atomic E-state index is -3.70. The number of anilines is 1. The van der Waals surface area contributed by atoms with Gasteiger partial charge in [-0.05, 0) is 42.0 Å². The first kappa shape index (κ1) is 19.5. The maximum Gasteiger partial charge on any atom is 0.261 e. The number of para-hydroxylation sites is 1. The van der Waals surface area contributed by atoms with E-state index in [0.29, 0.717) is 17.2 Å². The summed E-state index contributed by atoms with van der Waals surface area (Å²) in [6, 6.07) is 13.9. The maximum atomic E-state index is 12.7. The summed E-state index contributed by atoms with van der Waals surface area (Å²) in [4.78, 5) is 0.217. The second-order valence-electron chi connectivity index (χ2n) is 7.12. The van der Waals surface area contributed by atoms with Crippen molar-refractivity contribution in [1.29, 1.82) is 0 Å². The van der Waals surface area contributed by atoms with Crippen molar-refractivity contribution in [3.63, 3.8) is 0 Å². The van der Waals surface area contributed by atoms with Gasteiger partial charge in [0, 0.05) is 5.56 Å². The molecular formula is C20H27NO3S. The molecule has 2 aromatic carbocycles. The topological polar surface area (TPSA) is 66.4 Å². The molecule has 0 radical (unpaired) electrons. The second-order valence-corrected chi connectivity index (χ2v) is 8.81. The van der Waals surface area contributed by atoms with E-state index in [0.717, 1.165) is 12.0 Å². The zero-order valence-electron chi connectivity index (χ0n) is 15.2.